The van der Waals surface area contributed by atoms with Crippen molar-refractivity contribution in [3.63, 3.8) is 0 Å². The molecule has 1 heteroatoms. The van der Waals surface area contributed by atoms with Gasteiger partial charge in [-0.1, -0.05) is 65.2 Å². The summed E-state index contributed by atoms with van der Waals surface area (Å²) in [6, 6.07) is 0. The molecular formula is C16H35N. The van der Waals surface area contributed by atoms with Crippen molar-refractivity contribution in [1.29, 1.82) is 0 Å². The Kier molecular flexibility index (Phi) is 9.91. The maximum Gasteiger partial charge on any atom is 0.0125 e. The highest BCUT2D eigenvalue weighted by atomic mass is 14.7. The van der Waals surface area contributed by atoms with Crippen LogP contribution in [0.4, 0.5) is 0 Å². The van der Waals surface area contributed by atoms with Crippen LogP contribution < -0.4 is 5.73 Å². The van der Waals surface area contributed by atoms with Crippen LogP contribution in [0.25, 0.3) is 0 Å². The SMILES string of the molecule is CCCCCCC(CCCCCC)C(C)(C)N. The lowest BCUT2D eigenvalue weighted by atomic mass is 9.80. The summed E-state index contributed by atoms with van der Waals surface area (Å²) in [5.41, 5.74) is 6.32. The van der Waals surface area contributed by atoms with Gasteiger partial charge in [-0.2, -0.15) is 0 Å². The first-order valence-corrected chi connectivity index (χ1v) is 7.81. The van der Waals surface area contributed by atoms with Gasteiger partial charge in [0, 0.05) is 5.54 Å². The lowest BCUT2D eigenvalue weighted by molar-refractivity contribution is 0.267. The second-order valence-corrected chi connectivity index (χ2v) is 6.22. The fraction of sp³-hybridized carbons (Fsp3) is 1.00. The molecule has 0 amide bonds. The average molecular weight is 241 g/mol. The topological polar surface area (TPSA) is 26.0 Å². The van der Waals surface area contributed by atoms with Gasteiger partial charge in [0.1, 0.15) is 0 Å². The van der Waals surface area contributed by atoms with E-state index < -0.39 is 0 Å². The van der Waals surface area contributed by atoms with Crippen molar-refractivity contribution in [2.75, 3.05) is 0 Å². The van der Waals surface area contributed by atoms with Gasteiger partial charge in [0.05, 0.1) is 0 Å². The summed E-state index contributed by atoms with van der Waals surface area (Å²) < 4.78 is 0. The highest BCUT2D eigenvalue weighted by Gasteiger charge is 2.23. The fourth-order valence-corrected chi connectivity index (χ4v) is 2.52. The molecule has 0 aliphatic rings. The predicted molar refractivity (Wildman–Crippen MR) is 79.3 cm³/mol. The average Bonchev–Trinajstić information content (AvgIpc) is 2.25. The second kappa shape index (κ2) is 9.94. The molecule has 0 heterocycles. The first-order valence-electron chi connectivity index (χ1n) is 7.81. The minimum absolute atomic E-state index is 0.0123. The molecule has 0 spiro atoms. The molecule has 0 saturated carbocycles. The first kappa shape index (κ1) is 17.0. The van der Waals surface area contributed by atoms with Crippen molar-refractivity contribution in [2.24, 2.45) is 11.7 Å². The number of nitrogens with two attached hydrogens (primary N) is 1. The van der Waals surface area contributed by atoms with Crippen LogP contribution in [-0.2, 0) is 0 Å². The Morgan fingerprint density at radius 3 is 1.47 bits per heavy atom. The van der Waals surface area contributed by atoms with E-state index in [0.29, 0.717) is 0 Å². The van der Waals surface area contributed by atoms with Gasteiger partial charge < -0.3 is 5.73 Å². The number of hydrogen-bond acceptors (Lipinski definition) is 1. The van der Waals surface area contributed by atoms with Gasteiger partial charge in [0.2, 0.25) is 0 Å². The maximum absolute atomic E-state index is 6.31. The van der Waals surface area contributed by atoms with E-state index >= 15 is 0 Å². The van der Waals surface area contributed by atoms with Crippen molar-refractivity contribution in [2.45, 2.75) is 97.4 Å². The summed E-state index contributed by atoms with van der Waals surface area (Å²) in [6.07, 6.45) is 13.6. The van der Waals surface area contributed by atoms with Crippen molar-refractivity contribution >= 4 is 0 Å². The van der Waals surface area contributed by atoms with Crippen molar-refractivity contribution < 1.29 is 0 Å². The van der Waals surface area contributed by atoms with Crippen LogP contribution in [0.15, 0.2) is 0 Å². The summed E-state index contributed by atoms with van der Waals surface area (Å²) in [5.74, 6) is 0.719. The van der Waals surface area contributed by atoms with Gasteiger partial charge in [-0.25, -0.2) is 0 Å². The molecular weight excluding hydrogens is 206 g/mol. The van der Waals surface area contributed by atoms with E-state index in [2.05, 4.69) is 27.7 Å². The zero-order valence-electron chi connectivity index (χ0n) is 12.7. The highest BCUT2D eigenvalue weighted by Crippen LogP contribution is 2.26. The molecule has 0 aliphatic heterocycles. The molecule has 104 valence electrons. The van der Waals surface area contributed by atoms with Crippen LogP contribution in [0.1, 0.15) is 91.9 Å². The molecule has 1 nitrogen and oxygen atoms in total. The van der Waals surface area contributed by atoms with Gasteiger partial charge >= 0.3 is 0 Å². The Hall–Kier alpha value is -0.0400. The molecule has 0 bridgehead atoms. The van der Waals surface area contributed by atoms with E-state index in [0.717, 1.165) is 5.92 Å². The molecule has 0 fully saturated rings. The van der Waals surface area contributed by atoms with Gasteiger partial charge in [-0.15, -0.1) is 0 Å². The lowest BCUT2D eigenvalue weighted by Gasteiger charge is -2.31. The summed E-state index contributed by atoms with van der Waals surface area (Å²) in [6.45, 7) is 8.96. The standard InChI is InChI=1S/C16H35N/c1-5-7-9-11-13-15(16(3,4)17)14-12-10-8-6-2/h15H,5-14,17H2,1-4H3. The molecule has 0 aromatic heterocycles. The first-order chi connectivity index (χ1) is 8.02. The van der Waals surface area contributed by atoms with Crippen LogP contribution in [0.5, 0.6) is 0 Å². The third kappa shape index (κ3) is 9.64. The van der Waals surface area contributed by atoms with E-state index in [4.69, 9.17) is 5.73 Å². The number of hydrogen-bond donors (Lipinski definition) is 1. The molecule has 0 unspecified atom stereocenters. The van der Waals surface area contributed by atoms with E-state index in [1.165, 1.54) is 64.2 Å². The third-order valence-corrected chi connectivity index (χ3v) is 3.86. The van der Waals surface area contributed by atoms with Crippen molar-refractivity contribution in [3.8, 4) is 0 Å². The second-order valence-electron chi connectivity index (χ2n) is 6.22. The summed E-state index contributed by atoms with van der Waals surface area (Å²) in [7, 11) is 0. The predicted octanol–water partition coefficient (Wildman–Crippen LogP) is 5.28. The summed E-state index contributed by atoms with van der Waals surface area (Å²) >= 11 is 0. The van der Waals surface area contributed by atoms with Gasteiger partial charge in [0.25, 0.3) is 0 Å². The van der Waals surface area contributed by atoms with E-state index in [-0.39, 0.29) is 5.54 Å². The molecule has 0 saturated heterocycles. The smallest absolute Gasteiger partial charge is 0.0125 e. The van der Waals surface area contributed by atoms with Gasteiger partial charge in [-0.3, -0.25) is 0 Å². The Balaban J connectivity index is 3.81. The zero-order valence-corrected chi connectivity index (χ0v) is 12.7. The largest absolute Gasteiger partial charge is 0.325 e. The molecule has 0 radical (unpaired) electrons. The molecule has 0 aromatic carbocycles. The fourth-order valence-electron chi connectivity index (χ4n) is 2.52. The Bertz CT molecular complexity index is 145. The van der Waals surface area contributed by atoms with Crippen LogP contribution in [-0.4, -0.2) is 5.54 Å². The van der Waals surface area contributed by atoms with Crippen LogP contribution in [0.3, 0.4) is 0 Å². The zero-order chi connectivity index (χ0) is 13.1. The van der Waals surface area contributed by atoms with Crippen LogP contribution >= 0.6 is 0 Å². The Morgan fingerprint density at radius 2 is 1.18 bits per heavy atom. The summed E-state index contributed by atoms with van der Waals surface area (Å²) in [4.78, 5) is 0. The highest BCUT2D eigenvalue weighted by molar-refractivity contribution is 4.82. The molecule has 0 aromatic rings. The van der Waals surface area contributed by atoms with Crippen LogP contribution in [0.2, 0.25) is 0 Å². The number of unbranched alkanes of at least 4 members (excludes halogenated alkanes) is 6. The molecule has 2 N–H and O–H groups in total. The third-order valence-electron chi connectivity index (χ3n) is 3.86. The monoisotopic (exact) mass is 241 g/mol. The quantitative estimate of drug-likeness (QED) is 0.489. The number of rotatable bonds is 11. The minimum Gasteiger partial charge on any atom is -0.325 e. The normalized spacial score (nSPS) is 12.4. The Morgan fingerprint density at radius 1 is 0.765 bits per heavy atom. The molecule has 17 heavy (non-hydrogen) atoms. The molecule has 0 aliphatic carbocycles. The maximum atomic E-state index is 6.31. The molecule has 0 atom stereocenters. The van der Waals surface area contributed by atoms with Crippen molar-refractivity contribution in [1.82, 2.24) is 0 Å². The minimum atomic E-state index is 0.0123. The van der Waals surface area contributed by atoms with E-state index in [1.54, 1.807) is 0 Å². The van der Waals surface area contributed by atoms with Crippen molar-refractivity contribution in [3.05, 3.63) is 0 Å². The van der Waals surface area contributed by atoms with Gasteiger partial charge in [-0.05, 0) is 32.6 Å². The molecule has 0 rings (SSSR count). The van der Waals surface area contributed by atoms with Crippen LogP contribution in [0, 0.1) is 5.92 Å². The summed E-state index contributed by atoms with van der Waals surface area (Å²) in [5, 5.41) is 0. The van der Waals surface area contributed by atoms with E-state index in [1.807, 2.05) is 0 Å². The van der Waals surface area contributed by atoms with E-state index in [9.17, 15) is 0 Å². The van der Waals surface area contributed by atoms with Gasteiger partial charge in [0.15, 0.2) is 0 Å². The lowest BCUT2D eigenvalue weighted by Crippen LogP contribution is -2.40. The Labute approximate surface area is 110 Å².